The van der Waals surface area contributed by atoms with Gasteiger partial charge in [-0.1, -0.05) is 13.0 Å². The number of carbonyl (C=O) groups is 2. The van der Waals surface area contributed by atoms with Gasteiger partial charge < -0.3 is 9.64 Å². The summed E-state index contributed by atoms with van der Waals surface area (Å²) in [5.41, 5.74) is 1.49. The second kappa shape index (κ2) is 8.36. The molecule has 6 rings (SSSR count). The van der Waals surface area contributed by atoms with Crippen LogP contribution in [-0.4, -0.2) is 41.9 Å². The third-order valence-corrected chi connectivity index (χ3v) is 7.62. The van der Waals surface area contributed by atoms with Gasteiger partial charge in [-0.2, -0.15) is 0 Å². The molecule has 192 valence electrons. The quantitative estimate of drug-likeness (QED) is 0.411. The Kier molecular flexibility index (Phi) is 5.32. The molecule has 1 aliphatic carbocycles. The summed E-state index contributed by atoms with van der Waals surface area (Å²) >= 11 is 0. The molecule has 3 amide bonds. The largest absolute Gasteiger partial charge is 0.573 e. The molecule has 2 aromatic carbocycles. The van der Waals surface area contributed by atoms with E-state index in [0.29, 0.717) is 12.1 Å². The molecule has 1 saturated carbocycles. The van der Waals surface area contributed by atoms with Gasteiger partial charge in [0.2, 0.25) is 0 Å². The Balaban J connectivity index is 1.44. The number of pyridine rings is 1. The summed E-state index contributed by atoms with van der Waals surface area (Å²) in [5, 5.41) is 0.822. The van der Waals surface area contributed by atoms with Crippen molar-refractivity contribution in [3.8, 4) is 5.75 Å². The molecule has 3 aromatic rings. The first-order chi connectivity index (χ1) is 17.7. The number of piperidine rings is 1. The van der Waals surface area contributed by atoms with E-state index in [-0.39, 0.29) is 17.5 Å². The van der Waals surface area contributed by atoms with Crippen LogP contribution in [-0.2, 0) is 4.79 Å². The van der Waals surface area contributed by atoms with Crippen molar-refractivity contribution in [2.24, 2.45) is 5.92 Å². The lowest BCUT2D eigenvalue weighted by atomic mass is 10.0. The zero-order chi connectivity index (χ0) is 25.9. The van der Waals surface area contributed by atoms with Crippen molar-refractivity contribution in [2.45, 2.75) is 44.5 Å². The van der Waals surface area contributed by atoms with E-state index in [0.717, 1.165) is 59.6 Å². The summed E-state index contributed by atoms with van der Waals surface area (Å²) in [6.45, 7) is 3.73. The minimum Gasteiger partial charge on any atom is -0.406 e. The molecule has 2 saturated heterocycles. The number of fused-ring (bicyclic) bond motifs is 1. The van der Waals surface area contributed by atoms with Crippen molar-refractivity contribution in [1.82, 2.24) is 4.98 Å². The van der Waals surface area contributed by atoms with E-state index in [1.807, 2.05) is 25.1 Å². The molecule has 0 N–H and O–H groups in total. The first-order valence-corrected chi connectivity index (χ1v) is 12.4. The number of ether oxygens (including phenoxy) is 1. The van der Waals surface area contributed by atoms with Gasteiger partial charge >= 0.3 is 12.4 Å². The van der Waals surface area contributed by atoms with Gasteiger partial charge in [0.05, 0.1) is 16.9 Å². The van der Waals surface area contributed by atoms with E-state index >= 15 is 0 Å². The highest BCUT2D eigenvalue weighted by Gasteiger charge is 2.70. The number of amides is 3. The summed E-state index contributed by atoms with van der Waals surface area (Å²) < 4.78 is 41.7. The summed E-state index contributed by atoms with van der Waals surface area (Å²) in [6.07, 6.45) is 0.639. The molecule has 7 nitrogen and oxygen atoms in total. The summed E-state index contributed by atoms with van der Waals surface area (Å²) in [7, 11) is 0. The Labute approximate surface area is 211 Å². The van der Waals surface area contributed by atoms with Crippen LogP contribution in [0.5, 0.6) is 5.75 Å². The predicted molar refractivity (Wildman–Crippen MR) is 133 cm³/mol. The molecule has 2 atom stereocenters. The number of carbonyl (C=O) groups excluding carboxylic acids is 2. The van der Waals surface area contributed by atoms with Gasteiger partial charge in [-0.15, -0.1) is 13.2 Å². The molecular formula is C27H25F3N4O3. The Morgan fingerprint density at radius 1 is 0.973 bits per heavy atom. The van der Waals surface area contributed by atoms with Gasteiger partial charge in [0, 0.05) is 30.4 Å². The zero-order valence-corrected chi connectivity index (χ0v) is 20.2. The van der Waals surface area contributed by atoms with Crippen molar-refractivity contribution < 1.29 is 27.5 Å². The van der Waals surface area contributed by atoms with Crippen molar-refractivity contribution >= 4 is 39.9 Å². The van der Waals surface area contributed by atoms with Crippen LogP contribution in [0.3, 0.4) is 0 Å². The van der Waals surface area contributed by atoms with E-state index in [9.17, 15) is 22.8 Å². The normalized spacial score (nSPS) is 23.9. The summed E-state index contributed by atoms with van der Waals surface area (Å²) in [5.74, 6) is -0.880. The lowest BCUT2D eigenvalue weighted by Crippen LogP contribution is -2.39. The Morgan fingerprint density at radius 3 is 2.32 bits per heavy atom. The molecule has 2 unspecified atom stereocenters. The number of rotatable bonds is 4. The van der Waals surface area contributed by atoms with Crippen LogP contribution >= 0.6 is 0 Å². The highest BCUT2D eigenvalue weighted by molar-refractivity contribution is 6.33. The molecule has 3 heterocycles. The molecule has 3 aliphatic rings. The molecule has 0 bridgehead atoms. The molecule has 1 spiro atoms. The van der Waals surface area contributed by atoms with E-state index in [1.54, 1.807) is 17.2 Å². The first-order valence-electron chi connectivity index (χ1n) is 12.4. The molecule has 0 radical (unpaired) electrons. The van der Waals surface area contributed by atoms with Gasteiger partial charge in [-0.25, -0.2) is 9.69 Å². The second-order valence-electron chi connectivity index (χ2n) is 9.88. The van der Waals surface area contributed by atoms with Gasteiger partial charge in [0.1, 0.15) is 11.3 Å². The topological polar surface area (TPSA) is 66.0 Å². The lowest BCUT2D eigenvalue weighted by molar-refractivity contribution is -0.274. The Morgan fingerprint density at radius 2 is 1.68 bits per heavy atom. The standard InChI is InChI=1S/C27H25F3N4O3/c1-17-16-26(17)24(35)33(18-8-10-19(11-9-18)37-27(28,29)30)25(36)34(26)22-12-13-31-20-6-5-7-21(23(20)22)32-14-3-2-4-15-32/h5-13,17H,2-4,14-16H2,1H3. The van der Waals surface area contributed by atoms with Gasteiger partial charge in [0.25, 0.3) is 5.91 Å². The SMILES string of the molecule is CC1CC12C(=O)N(c1ccc(OC(F)(F)F)cc1)C(=O)N2c1ccnc2cccc(N3CCCCC3)c12. The number of imide groups is 1. The van der Waals surface area contributed by atoms with Crippen LogP contribution in [0.25, 0.3) is 10.9 Å². The maximum atomic E-state index is 13.9. The summed E-state index contributed by atoms with van der Waals surface area (Å²) in [4.78, 5) is 37.2. The maximum absolute atomic E-state index is 13.9. The minimum absolute atomic E-state index is 0.0767. The molecule has 10 heteroatoms. The predicted octanol–water partition coefficient (Wildman–Crippen LogP) is 5.88. The van der Waals surface area contributed by atoms with Gasteiger partial charge in [-0.05, 0) is 74.1 Å². The molecule has 37 heavy (non-hydrogen) atoms. The lowest BCUT2D eigenvalue weighted by Gasteiger charge is -2.32. The van der Waals surface area contributed by atoms with Crippen LogP contribution in [0.4, 0.5) is 35.0 Å². The van der Waals surface area contributed by atoms with Crippen LogP contribution in [0, 0.1) is 5.92 Å². The van der Waals surface area contributed by atoms with Crippen LogP contribution < -0.4 is 19.4 Å². The van der Waals surface area contributed by atoms with E-state index in [2.05, 4.69) is 14.6 Å². The van der Waals surface area contributed by atoms with Gasteiger partial charge in [0.15, 0.2) is 0 Å². The average Bonchev–Trinajstić information content (AvgIpc) is 3.49. The first kappa shape index (κ1) is 23.6. The fourth-order valence-corrected chi connectivity index (χ4v) is 5.76. The van der Waals surface area contributed by atoms with Crippen LogP contribution in [0.2, 0.25) is 0 Å². The molecule has 1 aromatic heterocycles. The maximum Gasteiger partial charge on any atom is 0.573 e. The number of urea groups is 1. The van der Waals surface area contributed by atoms with Gasteiger partial charge in [-0.3, -0.25) is 14.7 Å². The van der Waals surface area contributed by atoms with Crippen molar-refractivity contribution in [2.75, 3.05) is 27.8 Å². The fraction of sp³-hybridized carbons (Fsp3) is 0.370. The number of alkyl halides is 3. The third kappa shape index (κ3) is 3.77. The molecule has 3 fully saturated rings. The number of benzene rings is 2. The highest BCUT2D eigenvalue weighted by atomic mass is 19.4. The minimum atomic E-state index is -4.83. The summed E-state index contributed by atoms with van der Waals surface area (Å²) in [6, 6.07) is 11.9. The Bertz CT molecular complexity index is 1380. The monoisotopic (exact) mass is 510 g/mol. The van der Waals surface area contributed by atoms with E-state index in [1.165, 1.54) is 18.6 Å². The van der Waals surface area contributed by atoms with Crippen molar-refractivity contribution in [3.05, 3.63) is 54.7 Å². The number of halogens is 3. The molecular weight excluding hydrogens is 485 g/mol. The van der Waals surface area contributed by atoms with Crippen LogP contribution in [0.15, 0.2) is 54.7 Å². The highest BCUT2D eigenvalue weighted by Crippen LogP contribution is 2.56. The van der Waals surface area contributed by atoms with E-state index in [4.69, 9.17) is 0 Å². The third-order valence-electron chi connectivity index (χ3n) is 7.62. The average molecular weight is 511 g/mol. The zero-order valence-electron chi connectivity index (χ0n) is 20.2. The number of hydrogen-bond acceptors (Lipinski definition) is 5. The molecule has 2 aliphatic heterocycles. The number of anilines is 3. The number of hydrogen-bond donors (Lipinski definition) is 0. The van der Waals surface area contributed by atoms with Crippen molar-refractivity contribution in [1.29, 1.82) is 0 Å². The Hall–Kier alpha value is -3.82. The number of nitrogens with zero attached hydrogens (tertiary/aromatic N) is 4. The second-order valence-corrected chi connectivity index (χ2v) is 9.88. The fourth-order valence-electron chi connectivity index (χ4n) is 5.76. The number of aromatic nitrogens is 1. The van der Waals surface area contributed by atoms with Crippen LogP contribution in [0.1, 0.15) is 32.6 Å². The van der Waals surface area contributed by atoms with E-state index < -0.39 is 23.7 Å². The smallest absolute Gasteiger partial charge is 0.406 e. The van der Waals surface area contributed by atoms with Crippen molar-refractivity contribution in [3.63, 3.8) is 0 Å².